The number of fused-ring (bicyclic) bond motifs is 1. The number of pyridine rings is 1. The summed E-state index contributed by atoms with van der Waals surface area (Å²) in [6.45, 7) is 1.25. The van der Waals surface area contributed by atoms with Crippen molar-refractivity contribution < 1.29 is 9.59 Å². The highest BCUT2D eigenvalue weighted by Crippen LogP contribution is 2.28. The van der Waals surface area contributed by atoms with Gasteiger partial charge in [0.05, 0.1) is 10.6 Å². The summed E-state index contributed by atoms with van der Waals surface area (Å²) in [7, 11) is 0. The van der Waals surface area contributed by atoms with Crippen molar-refractivity contribution in [3.63, 3.8) is 0 Å². The lowest BCUT2D eigenvalue weighted by Gasteiger charge is -2.41. The summed E-state index contributed by atoms with van der Waals surface area (Å²) in [6.07, 6.45) is 3.53. The van der Waals surface area contributed by atoms with Gasteiger partial charge in [-0.3, -0.25) is 9.59 Å². The van der Waals surface area contributed by atoms with Crippen molar-refractivity contribution in [2.45, 2.75) is 25.3 Å². The molecule has 0 saturated carbocycles. The quantitative estimate of drug-likeness (QED) is 0.804. The maximum Gasteiger partial charge on any atom is 0.255 e. The minimum absolute atomic E-state index is 0.111. The van der Waals surface area contributed by atoms with Gasteiger partial charge in [0.15, 0.2) is 0 Å². The van der Waals surface area contributed by atoms with Crippen LogP contribution in [-0.4, -0.2) is 40.8 Å². The lowest BCUT2D eigenvalue weighted by atomic mass is 9.85. The fraction of sp³-hybridized carbons (Fsp3) is 0.500. The number of likely N-dealkylation sites (tertiary alicyclic amines) is 1. The Morgan fingerprint density at radius 2 is 2.19 bits per heavy atom. The molecule has 2 amide bonds. The molecular weight excluding hydrogens is 313 g/mol. The monoisotopic (exact) mass is 327 g/mol. The standard InChI is InChI=1S/C14H15Cl2N3O2/c15-10-6-17-12(16)5-9(10)14(21)19-4-3-11-8(7-19)1-2-13(20)18-11/h5-6,8,11H,1-4,7H2,(H,18,20). The molecule has 21 heavy (non-hydrogen) atoms. The number of carbonyl (C=O) groups is 2. The summed E-state index contributed by atoms with van der Waals surface area (Å²) in [5, 5.41) is 3.57. The van der Waals surface area contributed by atoms with E-state index in [1.807, 2.05) is 0 Å². The number of carbonyl (C=O) groups excluding carboxylic acids is 2. The third kappa shape index (κ3) is 2.99. The lowest BCUT2D eigenvalue weighted by Crippen LogP contribution is -2.55. The SMILES string of the molecule is O=C1CCC2CN(C(=O)c3cc(Cl)ncc3Cl)CCC2N1. The van der Waals surface area contributed by atoms with Crippen molar-refractivity contribution in [3.05, 3.63) is 28.0 Å². The number of hydrogen-bond donors (Lipinski definition) is 1. The second kappa shape index (κ2) is 5.81. The van der Waals surface area contributed by atoms with Gasteiger partial charge >= 0.3 is 0 Å². The second-order valence-corrected chi connectivity index (χ2v) is 6.29. The molecule has 112 valence electrons. The third-order valence-electron chi connectivity index (χ3n) is 4.16. The molecule has 2 fully saturated rings. The van der Waals surface area contributed by atoms with E-state index >= 15 is 0 Å². The van der Waals surface area contributed by atoms with E-state index in [0.717, 1.165) is 12.8 Å². The van der Waals surface area contributed by atoms with Crippen LogP contribution in [0.4, 0.5) is 0 Å². The Balaban J connectivity index is 1.74. The first-order valence-electron chi connectivity index (χ1n) is 6.94. The zero-order valence-corrected chi connectivity index (χ0v) is 12.8. The average molecular weight is 328 g/mol. The van der Waals surface area contributed by atoms with Gasteiger partial charge in [0, 0.05) is 31.7 Å². The highest BCUT2D eigenvalue weighted by atomic mass is 35.5. The molecule has 0 bridgehead atoms. The number of aromatic nitrogens is 1. The van der Waals surface area contributed by atoms with Gasteiger partial charge in [0.1, 0.15) is 5.15 Å². The molecule has 0 radical (unpaired) electrons. The van der Waals surface area contributed by atoms with Crippen LogP contribution in [0.3, 0.4) is 0 Å². The van der Waals surface area contributed by atoms with Crippen LogP contribution in [0.25, 0.3) is 0 Å². The zero-order valence-electron chi connectivity index (χ0n) is 11.3. The second-order valence-electron chi connectivity index (χ2n) is 5.50. The Labute approximate surface area is 132 Å². The zero-order chi connectivity index (χ0) is 15.0. The number of piperidine rings is 2. The summed E-state index contributed by atoms with van der Waals surface area (Å²) in [5.41, 5.74) is 0.384. The summed E-state index contributed by atoms with van der Waals surface area (Å²) in [5.74, 6) is 0.302. The highest BCUT2D eigenvalue weighted by molar-refractivity contribution is 6.35. The van der Waals surface area contributed by atoms with E-state index in [-0.39, 0.29) is 23.0 Å². The first-order valence-corrected chi connectivity index (χ1v) is 7.70. The van der Waals surface area contributed by atoms with Crippen LogP contribution in [0.2, 0.25) is 10.2 Å². The van der Waals surface area contributed by atoms with Crippen LogP contribution >= 0.6 is 23.2 Å². The van der Waals surface area contributed by atoms with Crippen LogP contribution in [0, 0.1) is 5.92 Å². The number of hydrogen-bond acceptors (Lipinski definition) is 3. The number of nitrogens with one attached hydrogen (secondary N) is 1. The first-order chi connectivity index (χ1) is 10.0. The molecule has 0 spiro atoms. The van der Waals surface area contributed by atoms with Crippen molar-refractivity contribution in [1.29, 1.82) is 0 Å². The molecule has 2 saturated heterocycles. The highest BCUT2D eigenvalue weighted by Gasteiger charge is 2.35. The van der Waals surface area contributed by atoms with Gasteiger partial charge in [-0.15, -0.1) is 0 Å². The minimum atomic E-state index is -0.125. The number of amides is 2. The molecule has 2 atom stereocenters. The summed E-state index contributed by atoms with van der Waals surface area (Å²) >= 11 is 11.9. The molecule has 1 aromatic rings. The van der Waals surface area contributed by atoms with Crippen molar-refractivity contribution >= 4 is 35.0 Å². The van der Waals surface area contributed by atoms with Gasteiger partial charge in [-0.25, -0.2) is 4.98 Å². The van der Waals surface area contributed by atoms with Crippen molar-refractivity contribution in [2.75, 3.05) is 13.1 Å². The average Bonchev–Trinajstić information content (AvgIpc) is 2.48. The molecule has 5 nitrogen and oxygen atoms in total. The van der Waals surface area contributed by atoms with Crippen LogP contribution in [0.1, 0.15) is 29.6 Å². The first kappa shape index (κ1) is 14.6. The Kier molecular flexibility index (Phi) is 4.04. The molecule has 2 aliphatic rings. The fourth-order valence-electron chi connectivity index (χ4n) is 3.04. The number of halogens is 2. The van der Waals surface area contributed by atoms with Crippen LogP contribution in [0.5, 0.6) is 0 Å². The summed E-state index contributed by atoms with van der Waals surface area (Å²) < 4.78 is 0. The molecule has 0 aliphatic carbocycles. The van der Waals surface area contributed by atoms with Gasteiger partial charge in [-0.1, -0.05) is 23.2 Å². The fourth-order valence-corrected chi connectivity index (χ4v) is 3.38. The van der Waals surface area contributed by atoms with Crippen molar-refractivity contribution in [1.82, 2.24) is 15.2 Å². The van der Waals surface area contributed by atoms with E-state index < -0.39 is 0 Å². The molecule has 1 N–H and O–H groups in total. The molecular formula is C14H15Cl2N3O2. The molecule has 3 rings (SSSR count). The molecule has 3 heterocycles. The Bertz CT molecular complexity index is 594. The predicted molar refractivity (Wildman–Crippen MR) is 79.4 cm³/mol. The molecule has 2 unspecified atom stereocenters. The smallest absolute Gasteiger partial charge is 0.255 e. The normalized spacial score (nSPS) is 25.2. The molecule has 0 aromatic carbocycles. The number of nitrogens with zero attached hydrogens (tertiary/aromatic N) is 2. The van der Waals surface area contributed by atoms with Crippen LogP contribution in [0.15, 0.2) is 12.3 Å². The van der Waals surface area contributed by atoms with Gasteiger partial charge in [0.25, 0.3) is 5.91 Å². The van der Waals surface area contributed by atoms with E-state index in [2.05, 4.69) is 10.3 Å². The van der Waals surface area contributed by atoms with Gasteiger partial charge in [-0.2, -0.15) is 0 Å². The molecule has 1 aromatic heterocycles. The Morgan fingerprint density at radius 1 is 1.38 bits per heavy atom. The minimum Gasteiger partial charge on any atom is -0.353 e. The van der Waals surface area contributed by atoms with E-state index in [0.29, 0.717) is 36.0 Å². The van der Waals surface area contributed by atoms with Crippen LogP contribution < -0.4 is 5.32 Å². The predicted octanol–water partition coefficient (Wildman–Crippen LogP) is 2.13. The van der Waals surface area contributed by atoms with E-state index in [9.17, 15) is 9.59 Å². The van der Waals surface area contributed by atoms with E-state index in [1.54, 1.807) is 4.90 Å². The Morgan fingerprint density at radius 3 is 3.00 bits per heavy atom. The van der Waals surface area contributed by atoms with E-state index in [4.69, 9.17) is 23.2 Å². The third-order valence-corrected chi connectivity index (χ3v) is 4.67. The summed E-state index contributed by atoms with van der Waals surface area (Å²) in [4.78, 5) is 29.6. The van der Waals surface area contributed by atoms with Crippen molar-refractivity contribution in [3.8, 4) is 0 Å². The lowest BCUT2D eigenvalue weighted by molar-refractivity contribution is -0.125. The van der Waals surface area contributed by atoms with Gasteiger partial charge in [-0.05, 0) is 24.8 Å². The Hall–Kier alpha value is -1.33. The topological polar surface area (TPSA) is 62.3 Å². The number of rotatable bonds is 1. The van der Waals surface area contributed by atoms with Gasteiger partial charge < -0.3 is 10.2 Å². The molecule has 2 aliphatic heterocycles. The van der Waals surface area contributed by atoms with E-state index in [1.165, 1.54) is 12.3 Å². The van der Waals surface area contributed by atoms with Crippen molar-refractivity contribution in [2.24, 2.45) is 5.92 Å². The largest absolute Gasteiger partial charge is 0.353 e. The maximum absolute atomic E-state index is 12.6. The van der Waals surface area contributed by atoms with Crippen LogP contribution in [-0.2, 0) is 4.79 Å². The maximum atomic E-state index is 12.6. The molecule has 7 heteroatoms. The summed E-state index contributed by atoms with van der Waals surface area (Å²) in [6, 6.07) is 1.69. The van der Waals surface area contributed by atoms with Gasteiger partial charge in [0.2, 0.25) is 5.91 Å².